The molecule has 1 aliphatic carbocycles. The molecule has 0 aliphatic heterocycles. The minimum absolute atomic E-state index is 0.669. The number of hydrogen-bond donors (Lipinski definition) is 0. The molecule has 20 heavy (non-hydrogen) atoms. The fourth-order valence-corrected chi connectivity index (χ4v) is 3.37. The Kier molecular flexibility index (Phi) is 6.01. The van der Waals surface area contributed by atoms with E-state index < -0.39 is 0 Å². The number of isocyanates is 1. The van der Waals surface area contributed by atoms with E-state index in [1.165, 1.54) is 62.5 Å². The van der Waals surface area contributed by atoms with Gasteiger partial charge in [-0.25, -0.2) is 4.79 Å². The van der Waals surface area contributed by atoms with E-state index in [9.17, 15) is 4.79 Å². The van der Waals surface area contributed by atoms with E-state index in [0.717, 1.165) is 12.1 Å². The van der Waals surface area contributed by atoms with Gasteiger partial charge in [0.25, 0.3) is 0 Å². The summed E-state index contributed by atoms with van der Waals surface area (Å²) in [4.78, 5) is 14.6. The van der Waals surface area contributed by atoms with Gasteiger partial charge in [-0.2, -0.15) is 4.99 Å². The van der Waals surface area contributed by atoms with Crippen molar-refractivity contribution in [2.45, 2.75) is 70.6 Å². The number of rotatable bonds is 6. The lowest BCUT2D eigenvalue weighted by Gasteiger charge is -2.25. The Morgan fingerprint density at radius 1 is 1.20 bits per heavy atom. The number of carbonyl (C=O) groups excluding carboxylic acids is 1. The lowest BCUT2D eigenvalue weighted by atomic mass is 9.81. The molecule has 1 fully saturated rings. The van der Waals surface area contributed by atoms with Crippen molar-refractivity contribution in [3.63, 3.8) is 0 Å². The van der Waals surface area contributed by atoms with Crippen LogP contribution >= 0.6 is 0 Å². The zero-order valence-corrected chi connectivity index (χ0v) is 12.5. The number of unbranched alkanes of at least 4 members (excludes halogenated alkanes) is 2. The molecule has 1 saturated carbocycles. The SMILES string of the molecule is CCCCCc1c(N=C=O)cccc1C1CCCCC1. The van der Waals surface area contributed by atoms with Gasteiger partial charge in [-0.1, -0.05) is 51.2 Å². The molecule has 0 heterocycles. The molecule has 2 nitrogen and oxygen atoms in total. The van der Waals surface area contributed by atoms with Gasteiger partial charge in [0.2, 0.25) is 6.08 Å². The summed E-state index contributed by atoms with van der Waals surface area (Å²) in [5.41, 5.74) is 3.59. The number of nitrogens with zero attached hydrogens (tertiary/aromatic N) is 1. The van der Waals surface area contributed by atoms with Crippen molar-refractivity contribution in [3.8, 4) is 0 Å². The van der Waals surface area contributed by atoms with E-state index in [-0.39, 0.29) is 0 Å². The minimum atomic E-state index is 0.669. The third-order valence-corrected chi connectivity index (χ3v) is 4.43. The highest BCUT2D eigenvalue weighted by molar-refractivity contribution is 5.57. The maximum Gasteiger partial charge on any atom is 0.240 e. The first kappa shape index (κ1) is 15.0. The van der Waals surface area contributed by atoms with E-state index in [1.54, 1.807) is 6.08 Å². The lowest BCUT2D eigenvalue weighted by molar-refractivity contribution is 0.441. The van der Waals surface area contributed by atoms with Crippen molar-refractivity contribution >= 4 is 11.8 Å². The Labute approximate surface area is 122 Å². The van der Waals surface area contributed by atoms with Crippen LogP contribution in [0.4, 0.5) is 5.69 Å². The zero-order valence-electron chi connectivity index (χ0n) is 12.5. The summed E-state index contributed by atoms with van der Waals surface area (Å²) in [5.74, 6) is 0.669. The topological polar surface area (TPSA) is 29.4 Å². The van der Waals surface area contributed by atoms with Gasteiger partial charge in [0.05, 0.1) is 5.69 Å². The largest absolute Gasteiger partial charge is 0.240 e. The Balaban J connectivity index is 2.27. The van der Waals surface area contributed by atoms with Gasteiger partial charge >= 0.3 is 0 Å². The molecule has 0 unspecified atom stereocenters. The highest BCUT2D eigenvalue weighted by Gasteiger charge is 2.19. The molecule has 0 spiro atoms. The summed E-state index contributed by atoms with van der Waals surface area (Å²) in [5, 5.41) is 0. The summed E-state index contributed by atoms with van der Waals surface area (Å²) in [6.07, 6.45) is 13.0. The van der Waals surface area contributed by atoms with Crippen LogP contribution in [0.15, 0.2) is 23.2 Å². The summed E-state index contributed by atoms with van der Waals surface area (Å²) >= 11 is 0. The van der Waals surface area contributed by atoms with E-state index in [4.69, 9.17) is 0 Å². The second-order valence-electron chi connectivity index (χ2n) is 5.84. The average molecular weight is 271 g/mol. The molecular weight excluding hydrogens is 246 g/mol. The van der Waals surface area contributed by atoms with Crippen LogP contribution in [0, 0.1) is 0 Å². The van der Waals surface area contributed by atoms with Gasteiger partial charge in [0, 0.05) is 0 Å². The van der Waals surface area contributed by atoms with Gasteiger partial charge in [-0.05, 0) is 48.8 Å². The van der Waals surface area contributed by atoms with Crippen molar-refractivity contribution in [2.24, 2.45) is 4.99 Å². The van der Waals surface area contributed by atoms with Crippen molar-refractivity contribution in [1.82, 2.24) is 0 Å². The molecule has 0 amide bonds. The third kappa shape index (κ3) is 3.80. The van der Waals surface area contributed by atoms with Gasteiger partial charge in [-0.15, -0.1) is 0 Å². The predicted molar refractivity (Wildman–Crippen MR) is 83.3 cm³/mol. The third-order valence-electron chi connectivity index (χ3n) is 4.43. The molecule has 2 rings (SSSR count). The second kappa shape index (κ2) is 8.01. The van der Waals surface area contributed by atoms with Crippen LogP contribution in [-0.2, 0) is 11.2 Å². The maximum atomic E-state index is 10.7. The van der Waals surface area contributed by atoms with Crippen LogP contribution in [-0.4, -0.2) is 6.08 Å². The monoisotopic (exact) mass is 271 g/mol. The summed E-state index contributed by atoms with van der Waals surface area (Å²) in [6, 6.07) is 6.25. The summed E-state index contributed by atoms with van der Waals surface area (Å²) in [6.45, 7) is 2.22. The predicted octanol–water partition coefficient (Wildman–Crippen LogP) is 5.43. The first-order chi connectivity index (χ1) is 9.86. The highest BCUT2D eigenvalue weighted by Crippen LogP contribution is 2.37. The molecule has 2 heteroatoms. The zero-order chi connectivity index (χ0) is 14.2. The molecule has 0 radical (unpaired) electrons. The van der Waals surface area contributed by atoms with Crippen LogP contribution in [0.25, 0.3) is 0 Å². The summed E-state index contributed by atoms with van der Waals surface area (Å²) < 4.78 is 0. The van der Waals surface area contributed by atoms with Gasteiger partial charge in [0.15, 0.2) is 0 Å². The van der Waals surface area contributed by atoms with Crippen LogP contribution < -0.4 is 0 Å². The molecular formula is C18H25NO. The van der Waals surface area contributed by atoms with Crippen molar-refractivity contribution in [2.75, 3.05) is 0 Å². The Bertz CT molecular complexity index is 468. The molecule has 0 aromatic heterocycles. The number of benzene rings is 1. The maximum absolute atomic E-state index is 10.7. The van der Waals surface area contributed by atoms with E-state index in [0.29, 0.717) is 5.92 Å². The Morgan fingerprint density at radius 2 is 2.00 bits per heavy atom. The summed E-state index contributed by atoms with van der Waals surface area (Å²) in [7, 11) is 0. The van der Waals surface area contributed by atoms with Crippen molar-refractivity contribution in [1.29, 1.82) is 0 Å². The highest BCUT2D eigenvalue weighted by atomic mass is 16.1. The Morgan fingerprint density at radius 3 is 2.70 bits per heavy atom. The van der Waals surface area contributed by atoms with Crippen LogP contribution in [0.2, 0.25) is 0 Å². The van der Waals surface area contributed by atoms with Gasteiger partial charge in [0.1, 0.15) is 0 Å². The average Bonchev–Trinajstić information content (AvgIpc) is 2.50. The van der Waals surface area contributed by atoms with Gasteiger partial charge < -0.3 is 0 Å². The standard InChI is InChI=1S/C18H25NO/c1-2-3-5-11-17-16(15-9-6-4-7-10-15)12-8-13-18(17)19-14-20/h8,12-13,15H,2-7,9-11H2,1H3. The fourth-order valence-electron chi connectivity index (χ4n) is 3.37. The second-order valence-corrected chi connectivity index (χ2v) is 5.84. The quantitative estimate of drug-likeness (QED) is 0.385. The van der Waals surface area contributed by atoms with E-state index in [2.05, 4.69) is 18.0 Å². The molecule has 1 aromatic rings. The van der Waals surface area contributed by atoms with Gasteiger partial charge in [-0.3, -0.25) is 0 Å². The fraction of sp³-hybridized carbons (Fsp3) is 0.611. The molecule has 0 atom stereocenters. The molecule has 108 valence electrons. The van der Waals surface area contributed by atoms with Crippen LogP contribution in [0.3, 0.4) is 0 Å². The normalized spacial score (nSPS) is 15.8. The first-order valence-corrected chi connectivity index (χ1v) is 8.06. The number of hydrogen-bond acceptors (Lipinski definition) is 2. The van der Waals surface area contributed by atoms with Crippen LogP contribution in [0.5, 0.6) is 0 Å². The van der Waals surface area contributed by atoms with Crippen molar-refractivity contribution in [3.05, 3.63) is 29.3 Å². The van der Waals surface area contributed by atoms with E-state index >= 15 is 0 Å². The smallest absolute Gasteiger partial charge is 0.211 e. The molecule has 1 aromatic carbocycles. The minimum Gasteiger partial charge on any atom is -0.211 e. The first-order valence-electron chi connectivity index (χ1n) is 8.06. The molecule has 0 N–H and O–H groups in total. The molecule has 0 bridgehead atoms. The number of aliphatic imine (C=N–C) groups is 1. The van der Waals surface area contributed by atoms with Crippen LogP contribution in [0.1, 0.15) is 75.3 Å². The molecule has 1 aliphatic rings. The van der Waals surface area contributed by atoms with E-state index in [1.807, 2.05) is 12.1 Å². The molecule has 0 saturated heterocycles. The Hall–Kier alpha value is -1.40. The lowest BCUT2D eigenvalue weighted by Crippen LogP contribution is -2.07. The van der Waals surface area contributed by atoms with Crippen molar-refractivity contribution < 1.29 is 4.79 Å².